The van der Waals surface area contributed by atoms with E-state index in [-0.39, 0.29) is 25.0 Å². The number of nitrogens with one attached hydrogen (secondary N) is 1. The van der Waals surface area contributed by atoms with Crippen molar-refractivity contribution in [3.63, 3.8) is 0 Å². The summed E-state index contributed by atoms with van der Waals surface area (Å²) in [6.45, 7) is 3.43. The average Bonchev–Trinajstić information content (AvgIpc) is 3.60. The first kappa shape index (κ1) is 32.1. The topological polar surface area (TPSA) is 200 Å². The molecule has 0 bridgehead atoms. The van der Waals surface area contributed by atoms with Crippen molar-refractivity contribution >= 4 is 22.0 Å². The monoisotopic (exact) mass is 616 g/mol. The number of fused-ring (bicyclic) bond motifs is 3. The fourth-order valence-corrected chi connectivity index (χ4v) is 5.78. The summed E-state index contributed by atoms with van der Waals surface area (Å²) in [6, 6.07) is 6.62. The van der Waals surface area contributed by atoms with Crippen LogP contribution in [-0.4, -0.2) is 95.6 Å². The molecule has 7 N–H and O–H groups in total. The number of H-pyrrole nitrogens is 1. The van der Waals surface area contributed by atoms with Crippen molar-refractivity contribution in [3.8, 4) is 5.75 Å². The van der Waals surface area contributed by atoms with Crippen LogP contribution in [0, 0.1) is 6.92 Å². The Bertz CT molecular complexity index is 1660. The molecule has 0 saturated carbocycles. The Kier molecular flexibility index (Phi) is 9.21. The molecule has 0 spiro atoms. The second-order valence-electron chi connectivity index (χ2n) is 12.0. The number of hydrogen-bond donors (Lipinski definition) is 7. The summed E-state index contributed by atoms with van der Waals surface area (Å²) in [7, 11) is 0. The number of aromatic amines is 1. The van der Waals surface area contributed by atoms with Crippen molar-refractivity contribution in [1.82, 2.24) is 9.55 Å². The van der Waals surface area contributed by atoms with Crippen LogP contribution in [-0.2, 0) is 29.2 Å². The van der Waals surface area contributed by atoms with Gasteiger partial charge in [0, 0.05) is 37.1 Å². The lowest BCUT2D eigenvalue weighted by molar-refractivity contribution is -0.363. The van der Waals surface area contributed by atoms with E-state index >= 15 is 0 Å². The van der Waals surface area contributed by atoms with E-state index in [0.29, 0.717) is 52.0 Å². The van der Waals surface area contributed by atoms with Gasteiger partial charge in [0.15, 0.2) is 5.43 Å². The maximum atomic E-state index is 12.8. The van der Waals surface area contributed by atoms with Gasteiger partial charge in [-0.25, -0.2) is 9.78 Å². The Labute approximate surface area is 252 Å². The predicted octanol–water partition coefficient (Wildman–Crippen LogP) is 0.846. The van der Waals surface area contributed by atoms with Crippen LogP contribution in [0.25, 0.3) is 22.0 Å². The minimum absolute atomic E-state index is 0.0523. The molecular weight excluding hydrogens is 576 g/mol. The van der Waals surface area contributed by atoms with Gasteiger partial charge in [-0.15, -0.1) is 0 Å². The van der Waals surface area contributed by atoms with Crippen LogP contribution in [0.1, 0.15) is 37.2 Å². The molecule has 13 heteroatoms. The Hall–Kier alpha value is -3.27. The third-order valence-corrected chi connectivity index (χ3v) is 8.36. The SMILES string of the molecule is Cc1cc(=O)c2cc3c(c(CCCO)c2o1)OC(C)(C)[C@H](OOC[C@H](O)[C@](O)(Cn1ccc2[nH]ccc21)[C@H](O)[C@H](O)CO)C3. The van der Waals surface area contributed by atoms with Crippen LogP contribution < -0.4 is 10.2 Å². The third kappa shape index (κ3) is 6.02. The highest BCUT2D eigenvalue weighted by molar-refractivity contribution is 5.84. The molecule has 13 nitrogen and oxygen atoms in total. The fourth-order valence-electron chi connectivity index (χ4n) is 5.78. The van der Waals surface area contributed by atoms with Crippen molar-refractivity contribution in [1.29, 1.82) is 0 Å². The summed E-state index contributed by atoms with van der Waals surface area (Å²) in [5, 5.41) is 62.9. The van der Waals surface area contributed by atoms with E-state index in [1.807, 2.05) is 0 Å². The number of aromatic nitrogens is 2. The maximum absolute atomic E-state index is 12.8. The summed E-state index contributed by atoms with van der Waals surface area (Å²) in [5.41, 5.74) is -0.300. The summed E-state index contributed by atoms with van der Waals surface area (Å²) < 4.78 is 13.9. The Morgan fingerprint density at radius 2 is 1.98 bits per heavy atom. The molecule has 0 radical (unpaired) electrons. The van der Waals surface area contributed by atoms with Crippen LogP contribution >= 0.6 is 0 Å². The van der Waals surface area contributed by atoms with Crippen molar-refractivity contribution in [3.05, 3.63) is 63.8 Å². The van der Waals surface area contributed by atoms with Gasteiger partial charge in [0.2, 0.25) is 0 Å². The maximum Gasteiger partial charge on any atom is 0.192 e. The number of hydrogen-bond acceptors (Lipinski definition) is 11. The van der Waals surface area contributed by atoms with Crippen LogP contribution in [0.15, 0.2) is 45.9 Å². The smallest absolute Gasteiger partial charge is 0.192 e. The lowest BCUT2D eigenvalue weighted by atomic mass is 9.87. The lowest BCUT2D eigenvalue weighted by Crippen LogP contribution is -2.61. The first-order valence-corrected chi connectivity index (χ1v) is 14.6. The van der Waals surface area contributed by atoms with E-state index in [2.05, 4.69) is 4.98 Å². The van der Waals surface area contributed by atoms with E-state index in [9.17, 15) is 35.4 Å². The van der Waals surface area contributed by atoms with E-state index in [1.54, 1.807) is 55.9 Å². The van der Waals surface area contributed by atoms with Gasteiger partial charge in [0.25, 0.3) is 0 Å². The molecular formula is C31H40N2O11. The summed E-state index contributed by atoms with van der Waals surface area (Å²) in [4.78, 5) is 27.0. The molecule has 0 aliphatic carbocycles. The number of nitrogens with zero attached hydrogens (tertiary/aromatic N) is 1. The van der Waals surface area contributed by atoms with Crippen LogP contribution in [0.2, 0.25) is 0 Å². The zero-order chi connectivity index (χ0) is 31.8. The molecule has 0 fully saturated rings. The highest BCUT2D eigenvalue weighted by Gasteiger charge is 2.47. The van der Waals surface area contributed by atoms with Crippen LogP contribution in [0.5, 0.6) is 5.75 Å². The Balaban J connectivity index is 1.36. The number of rotatable bonds is 13. The minimum atomic E-state index is -2.35. The predicted molar refractivity (Wildman–Crippen MR) is 158 cm³/mol. The van der Waals surface area contributed by atoms with Gasteiger partial charge < -0.3 is 49.3 Å². The van der Waals surface area contributed by atoms with E-state index < -0.39 is 48.8 Å². The zero-order valence-corrected chi connectivity index (χ0v) is 24.9. The number of benzene rings is 1. The molecule has 0 saturated heterocycles. The van der Waals surface area contributed by atoms with Gasteiger partial charge >= 0.3 is 0 Å². The van der Waals surface area contributed by atoms with E-state index in [0.717, 1.165) is 5.52 Å². The minimum Gasteiger partial charge on any atom is -0.484 e. The molecule has 44 heavy (non-hydrogen) atoms. The highest BCUT2D eigenvalue weighted by atomic mass is 17.2. The molecule has 0 amide bonds. The van der Waals surface area contributed by atoms with Gasteiger partial charge in [-0.2, -0.15) is 0 Å². The highest BCUT2D eigenvalue weighted by Crippen LogP contribution is 2.41. The number of ether oxygens (including phenoxy) is 1. The number of aliphatic hydroxyl groups excluding tert-OH is 5. The standard InChI is InChI=1S/C31H40N2O11/c1-17-11-23(36)20-12-18-13-26(30(2,3)43-27(18)19(5-4-10-34)28(20)42-17)44-41-15-25(38)31(40,29(39)24(37)14-35)16-33-9-7-21-22(33)6-8-32-21/h6-9,11-12,24-26,29,32,34-35,37-40H,4-5,10,13-16H2,1-3H3/t24-,25+,26-,29-,31-/m1/s1. The van der Waals surface area contributed by atoms with Gasteiger partial charge in [0.1, 0.15) is 59.3 Å². The van der Waals surface area contributed by atoms with Gasteiger partial charge in [0.05, 0.1) is 29.6 Å². The lowest BCUT2D eigenvalue weighted by Gasteiger charge is -2.41. The first-order valence-electron chi connectivity index (χ1n) is 14.6. The fraction of sp³-hybridized carbons (Fsp3) is 0.516. The molecule has 1 aliphatic rings. The zero-order valence-electron chi connectivity index (χ0n) is 24.9. The average molecular weight is 617 g/mol. The second-order valence-corrected chi connectivity index (χ2v) is 12.0. The summed E-state index contributed by atoms with van der Waals surface area (Å²) in [5.74, 6) is 1.00. The van der Waals surface area contributed by atoms with Crippen molar-refractivity contribution in [2.24, 2.45) is 0 Å². The Morgan fingerprint density at radius 3 is 2.70 bits per heavy atom. The molecule has 5 rings (SSSR count). The van der Waals surface area contributed by atoms with E-state index in [1.165, 1.54) is 6.07 Å². The van der Waals surface area contributed by atoms with Crippen molar-refractivity contribution in [2.45, 2.75) is 82.2 Å². The molecule has 5 atom stereocenters. The quantitative estimate of drug-likeness (QED) is 0.0830. The van der Waals surface area contributed by atoms with Crippen molar-refractivity contribution < 1.29 is 49.6 Å². The van der Waals surface area contributed by atoms with Crippen LogP contribution in [0.4, 0.5) is 0 Å². The number of aryl methyl sites for hydroxylation is 2. The van der Waals surface area contributed by atoms with Gasteiger partial charge in [-0.1, -0.05) is 0 Å². The molecule has 240 valence electrons. The molecule has 4 heterocycles. The number of aliphatic hydroxyl groups is 6. The molecule has 4 aromatic rings. The van der Waals surface area contributed by atoms with Gasteiger partial charge in [-0.3, -0.25) is 4.79 Å². The molecule has 0 unspecified atom stereocenters. The third-order valence-electron chi connectivity index (χ3n) is 8.36. The second kappa shape index (κ2) is 12.6. The Morgan fingerprint density at radius 1 is 1.20 bits per heavy atom. The molecule has 3 aromatic heterocycles. The van der Waals surface area contributed by atoms with Gasteiger partial charge in [-0.05, 0) is 57.4 Å². The largest absolute Gasteiger partial charge is 0.484 e. The van der Waals surface area contributed by atoms with E-state index in [4.69, 9.17) is 18.9 Å². The molecule has 1 aliphatic heterocycles. The van der Waals surface area contributed by atoms with Crippen molar-refractivity contribution in [2.75, 3.05) is 19.8 Å². The summed E-state index contributed by atoms with van der Waals surface area (Å²) >= 11 is 0. The normalized spacial score (nSPS) is 19.8. The summed E-state index contributed by atoms with van der Waals surface area (Å²) in [6.07, 6.45) is -1.71. The molecule has 1 aromatic carbocycles. The first-order chi connectivity index (χ1) is 20.9. The van der Waals surface area contributed by atoms with Crippen LogP contribution in [0.3, 0.4) is 0 Å².